The summed E-state index contributed by atoms with van der Waals surface area (Å²) >= 11 is 0. The van der Waals surface area contributed by atoms with Gasteiger partial charge in [0.25, 0.3) is 0 Å². The second-order valence-corrected chi connectivity index (χ2v) is 5.82. The Balaban J connectivity index is 4.06. The van der Waals surface area contributed by atoms with Crippen molar-refractivity contribution < 1.29 is 9.84 Å². The summed E-state index contributed by atoms with van der Waals surface area (Å²) in [6.45, 7) is 11.4. The summed E-state index contributed by atoms with van der Waals surface area (Å²) < 4.78 is 5.75. The van der Waals surface area contributed by atoms with Crippen molar-refractivity contribution >= 4 is 0 Å². The largest absolute Gasteiger partial charge is 0.395 e. The number of ether oxygens (including phenoxy) is 1. The predicted octanol–water partition coefficient (Wildman–Crippen LogP) is 1.78. The van der Waals surface area contributed by atoms with Crippen LogP contribution in [0.2, 0.25) is 0 Å². The molecule has 0 aromatic carbocycles. The van der Waals surface area contributed by atoms with Crippen LogP contribution in [0.1, 0.15) is 41.0 Å². The van der Waals surface area contributed by atoms with E-state index in [1.165, 1.54) is 0 Å². The number of hydrogen-bond donors (Lipinski definition) is 2. The van der Waals surface area contributed by atoms with Crippen LogP contribution < -0.4 is 5.73 Å². The molecular weight excluding hydrogens is 190 g/mol. The molecular formula is C12H27NO2. The van der Waals surface area contributed by atoms with Crippen LogP contribution in [0.5, 0.6) is 0 Å². The lowest BCUT2D eigenvalue weighted by atomic mass is 9.85. The summed E-state index contributed by atoms with van der Waals surface area (Å²) in [5.41, 5.74) is 5.87. The van der Waals surface area contributed by atoms with Crippen molar-refractivity contribution in [3.05, 3.63) is 0 Å². The molecule has 3 nitrogen and oxygen atoms in total. The molecule has 0 aliphatic heterocycles. The number of hydrogen-bond acceptors (Lipinski definition) is 3. The summed E-state index contributed by atoms with van der Waals surface area (Å²) in [6.07, 6.45) is 1.24. The van der Waals surface area contributed by atoms with E-state index in [1.807, 2.05) is 0 Å². The molecule has 0 bridgehead atoms. The molecule has 0 saturated heterocycles. The van der Waals surface area contributed by atoms with Crippen molar-refractivity contribution in [1.82, 2.24) is 0 Å². The molecule has 92 valence electrons. The SMILES string of the molecule is CC(C)C(CC(C)(C)C)OCC(N)CO. The van der Waals surface area contributed by atoms with Gasteiger partial charge in [-0.05, 0) is 17.8 Å². The van der Waals surface area contributed by atoms with Gasteiger partial charge in [-0.25, -0.2) is 0 Å². The Bertz CT molecular complexity index is 163. The smallest absolute Gasteiger partial charge is 0.0643 e. The van der Waals surface area contributed by atoms with E-state index in [9.17, 15) is 0 Å². The Labute approximate surface area is 94.0 Å². The van der Waals surface area contributed by atoms with Gasteiger partial charge in [0, 0.05) is 0 Å². The molecule has 0 heterocycles. The van der Waals surface area contributed by atoms with Gasteiger partial charge in [0.15, 0.2) is 0 Å². The second-order valence-electron chi connectivity index (χ2n) is 5.82. The highest BCUT2D eigenvalue weighted by atomic mass is 16.5. The predicted molar refractivity (Wildman–Crippen MR) is 63.7 cm³/mol. The third kappa shape index (κ3) is 7.77. The number of rotatable bonds is 6. The van der Waals surface area contributed by atoms with Crippen LogP contribution in [0.15, 0.2) is 0 Å². The van der Waals surface area contributed by atoms with Crippen molar-refractivity contribution in [2.75, 3.05) is 13.2 Å². The van der Waals surface area contributed by atoms with Gasteiger partial charge in [0.05, 0.1) is 25.4 Å². The zero-order valence-electron chi connectivity index (χ0n) is 10.8. The molecule has 15 heavy (non-hydrogen) atoms. The molecule has 0 saturated carbocycles. The minimum atomic E-state index is -0.258. The Morgan fingerprint density at radius 3 is 2.13 bits per heavy atom. The fourth-order valence-electron chi connectivity index (χ4n) is 1.39. The van der Waals surface area contributed by atoms with Gasteiger partial charge in [0.2, 0.25) is 0 Å². The topological polar surface area (TPSA) is 55.5 Å². The molecule has 2 atom stereocenters. The van der Waals surface area contributed by atoms with Crippen molar-refractivity contribution in [3.63, 3.8) is 0 Å². The zero-order chi connectivity index (χ0) is 12.1. The second kappa shape index (κ2) is 6.46. The summed E-state index contributed by atoms with van der Waals surface area (Å²) in [5, 5.41) is 8.81. The molecule has 2 unspecified atom stereocenters. The van der Waals surface area contributed by atoms with Crippen LogP contribution in [0.4, 0.5) is 0 Å². The summed E-state index contributed by atoms with van der Waals surface area (Å²) in [4.78, 5) is 0. The molecule has 0 aromatic rings. The number of aliphatic hydroxyl groups excluding tert-OH is 1. The minimum absolute atomic E-state index is 0.0136. The van der Waals surface area contributed by atoms with Crippen molar-refractivity contribution in [2.45, 2.75) is 53.2 Å². The zero-order valence-corrected chi connectivity index (χ0v) is 10.8. The molecule has 0 radical (unpaired) electrons. The lowest BCUT2D eigenvalue weighted by Crippen LogP contribution is -2.35. The monoisotopic (exact) mass is 217 g/mol. The van der Waals surface area contributed by atoms with Gasteiger partial charge in [-0.3, -0.25) is 0 Å². The quantitative estimate of drug-likeness (QED) is 0.713. The first kappa shape index (κ1) is 14.9. The van der Waals surface area contributed by atoms with Crippen LogP contribution in [0, 0.1) is 11.3 Å². The Hall–Kier alpha value is -0.120. The molecule has 3 heteroatoms. The lowest BCUT2D eigenvalue weighted by Gasteiger charge is -2.29. The molecule has 3 N–H and O–H groups in total. The first-order valence-corrected chi connectivity index (χ1v) is 5.74. The van der Waals surface area contributed by atoms with E-state index in [2.05, 4.69) is 34.6 Å². The first-order chi connectivity index (χ1) is 6.76. The fraction of sp³-hybridized carbons (Fsp3) is 1.00. The summed E-state index contributed by atoms with van der Waals surface area (Å²) in [7, 11) is 0. The van der Waals surface area contributed by atoms with Gasteiger partial charge >= 0.3 is 0 Å². The maximum atomic E-state index is 8.81. The summed E-state index contributed by atoms with van der Waals surface area (Å²) in [5.74, 6) is 0.482. The Morgan fingerprint density at radius 2 is 1.80 bits per heavy atom. The lowest BCUT2D eigenvalue weighted by molar-refractivity contribution is -0.0146. The molecule has 0 aromatic heterocycles. The van der Waals surface area contributed by atoms with Gasteiger partial charge in [-0.2, -0.15) is 0 Å². The molecule has 0 rings (SSSR count). The van der Waals surface area contributed by atoms with Gasteiger partial charge in [-0.1, -0.05) is 34.6 Å². The van der Waals surface area contributed by atoms with E-state index >= 15 is 0 Å². The van der Waals surface area contributed by atoms with E-state index in [-0.39, 0.29) is 24.2 Å². The maximum Gasteiger partial charge on any atom is 0.0643 e. The first-order valence-electron chi connectivity index (χ1n) is 5.74. The van der Waals surface area contributed by atoms with E-state index in [4.69, 9.17) is 15.6 Å². The van der Waals surface area contributed by atoms with E-state index < -0.39 is 0 Å². The number of nitrogens with two attached hydrogens (primary N) is 1. The normalized spacial score (nSPS) is 16.8. The fourth-order valence-corrected chi connectivity index (χ4v) is 1.39. The highest BCUT2D eigenvalue weighted by molar-refractivity contribution is 4.73. The van der Waals surface area contributed by atoms with Crippen LogP contribution in [-0.4, -0.2) is 30.5 Å². The highest BCUT2D eigenvalue weighted by Gasteiger charge is 2.22. The van der Waals surface area contributed by atoms with Crippen LogP contribution in [0.3, 0.4) is 0 Å². The third-order valence-electron chi connectivity index (χ3n) is 2.32. The highest BCUT2D eigenvalue weighted by Crippen LogP contribution is 2.26. The van der Waals surface area contributed by atoms with Gasteiger partial charge in [0.1, 0.15) is 0 Å². The maximum absolute atomic E-state index is 8.81. The molecule has 0 aliphatic carbocycles. The van der Waals surface area contributed by atoms with Crippen LogP contribution in [-0.2, 0) is 4.74 Å². The standard InChI is InChI=1S/C12H27NO2/c1-9(2)11(6-12(3,4)5)15-8-10(13)7-14/h9-11,14H,6-8,13H2,1-5H3. The summed E-state index contributed by atoms with van der Waals surface area (Å²) in [6, 6.07) is -0.258. The van der Waals surface area contributed by atoms with Crippen molar-refractivity contribution in [2.24, 2.45) is 17.1 Å². The van der Waals surface area contributed by atoms with Crippen LogP contribution >= 0.6 is 0 Å². The molecule has 0 fully saturated rings. The average Bonchev–Trinajstić information content (AvgIpc) is 2.09. The Kier molecular flexibility index (Phi) is 6.41. The van der Waals surface area contributed by atoms with Crippen molar-refractivity contribution in [3.8, 4) is 0 Å². The van der Waals surface area contributed by atoms with Gasteiger partial charge in [-0.15, -0.1) is 0 Å². The van der Waals surface area contributed by atoms with E-state index in [0.29, 0.717) is 12.5 Å². The van der Waals surface area contributed by atoms with Gasteiger partial charge < -0.3 is 15.6 Å². The Morgan fingerprint density at radius 1 is 1.27 bits per heavy atom. The average molecular weight is 217 g/mol. The molecule has 0 amide bonds. The molecule has 0 aliphatic rings. The molecule has 0 spiro atoms. The van der Waals surface area contributed by atoms with E-state index in [0.717, 1.165) is 6.42 Å². The van der Waals surface area contributed by atoms with Crippen LogP contribution in [0.25, 0.3) is 0 Å². The third-order valence-corrected chi connectivity index (χ3v) is 2.32. The van der Waals surface area contributed by atoms with E-state index in [1.54, 1.807) is 0 Å². The van der Waals surface area contributed by atoms with Crippen molar-refractivity contribution in [1.29, 1.82) is 0 Å². The minimum Gasteiger partial charge on any atom is -0.395 e. The number of aliphatic hydroxyl groups is 1.